The zero-order valence-corrected chi connectivity index (χ0v) is 15.5. The monoisotopic (exact) mass is 359 g/mol. The minimum absolute atomic E-state index is 0.100. The Balaban J connectivity index is 1.72. The van der Waals surface area contributed by atoms with Crippen molar-refractivity contribution in [1.29, 1.82) is 0 Å². The van der Waals surface area contributed by atoms with Crippen LogP contribution >= 0.6 is 0 Å². The molecular weight excluding hydrogens is 334 g/mol. The Bertz CT molecular complexity index is 881. The lowest BCUT2D eigenvalue weighted by Gasteiger charge is -2.23. The Morgan fingerprint density at radius 2 is 1.81 bits per heavy atom. The molecule has 7 heteroatoms. The van der Waals surface area contributed by atoms with Crippen molar-refractivity contribution in [2.75, 3.05) is 26.2 Å². The van der Waals surface area contributed by atoms with Crippen LogP contribution in [0.5, 0.6) is 0 Å². The summed E-state index contributed by atoms with van der Waals surface area (Å²) in [6, 6.07) is 5.06. The zero-order valence-electron chi connectivity index (χ0n) is 15.5. The molecule has 2 heterocycles. The van der Waals surface area contributed by atoms with E-state index in [1.807, 2.05) is 18.7 Å². The molecule has 1 aliphatic heterocycles. The maximum absolute atomic E-state index is 12.8. The van der Waals surface area contributed by atoms with Crippen LogP contribution in [0.25, 0.3) is 11.1 Å². The molecule has 1 fully saturated rings. The zero-order chi connectivity index (χ0) is 18.8. The summed E-state index contributed by atoms with van der Waals surface area (Å²) < 4.78 is 6.58. The van der Waals surface area contributed by atoms with Gasteiger partial charge in [0.2, 0.25) is 5.91 Å². The third kappa shape index (κ3) is 3.66. The second kappa shape index (κ2) is 7.35. The third-order valence-electron chi connectivity index (χ3n) is 4.76. The summed E-state index contributed by atoms with van der Waals surface area (Å²) in [4.78, 5) is 40.3. The van der Waals surface area contributed by atoms with Crippen LogP contribution in [0.2, 0.25) is 0 Å². The van der Waals surface area contributed by atoms with Gasteiger partial charge >= 0.3 is 5.76 Å². The predicted octanol–water partition coefficient (Wildman–Crippen LogP) is 1.85. The summed E-state index contributed by atoms with van der Waals surface area (Å²) in [5.74, 6) is -0.0623. The van der Waals surface area contributed by atoms with Gasteiger partial charge in [-0.2, -0.15) is 0 Å². The number of benzene rings is 1. The lowest BCUT2D eigenvalue weighted by molar-refractivity contribution is -0.131. The van der Waals surface area contributed by atoms with Crippen LogP contribution in [0.1, 0.15) is 37.0 Å². The molecular formula is C19H25N3O4. The number of hydrogen-bond acceptors (Lipinski definition) is 4. The van der Waals surface area contributed by atoms with Gasteiger partial charge in [-0.3, -0.25) is 14.2 Å². The van der Waals surface area contributed by atoms with Crippen molar-refractivity contribution in [2.24, 2.45) is 13.0 Å². The Hall–Kier alpha value is -2.57. The molecule has 26 heavy (non-hydrogen) atoms. The molecule has 2 amide bonds. The first-order chi connectivity index (χ1) is 12.4. The van der Waals surface area contributed by atoms with E-state index in [0.29, 0.717) is 55.2 Å². The molecule has 0 unspecified atom stereocenters. The van der Waals surface area contributed by atoms with Gasteiger partial charge in [-0.1, -0.05) is 13.8 Å². The van der Waals surface area contributed by atoms with Crippen LogP contribution in [-0.4, -0.2) is 52.4 Å². The fourth-order valence-electron chi connectivity index (χ4n) is 3.30. The van der Waals surface area contributed by atoms with Crippen molar-refractivity contribution in [3.63, 3.8) is 0 Å². The van der Waals surface area contributed by atoms with Crippen LogP contribution in [0, 0.1) is 5.92 Å². The number of nitrogens with zero attached hydrogens (tertiary/aromatic N) is 3. The van der Waals surface area contributed by atoms with Crippen molar-refractivity contribution >= 4 is 22.9 Å². The lowest BCUT2D eigenvalue weighted by Crippen LogP contribution is -2.37. The SMILES string of the molecule is CC(C)CC(=O)N1CCCN(C(=O)c2ccc3c(c2)oc(=O)n3C)CC1. The van der Waals surface area contributed by atoms with Crippen molar-refractivity contribution in [3.05, 3.63) is 34.3 Å². The topological polar surface area (TPSA) is 75.8 Å². The van der Waals surface area contributed by atoms with Gasteiger partial charge in [0, 0.05) is 45.2 Å². The fourth-order valence-corrected chi connectivity index (χ4v) is 3.30. The number of aryl methyl sites for hydroxylation is 1. The van der Waals surface area contributed by atoms with Gasteiger partial charge in [0.1, 0.15) is 0 Å². The number of fused-ring (bicyclic) bond motifs is 1. The molecule has 0 N–H and O–H groups in total. The highest BCUT2D eigenvalue weighted by atomic mass is 16.4. The minimum Gasteiger partial charge on any atom is -0.408 e. The molecule has 0 bridgehead atoms. The number of oxazole rings is 1. The molecule has 1 aliphatic rings. The van der Waals surface area contributed by atoms with Crippen molar-refractivity contribution in [1.82, 2.24) is 14.4 Å². The maximum atomic E-state index is 12.8. The minimum atomic E-state index is -0.446. The highest BCUT2D eigenvalue weighted by Crippen LogP contribution is 2.17. The average molecular weight is 359 g/mol. The Morgan fingerprint density at radius 3 is 2.54 bits per heavy atom. The van der Waals surface area contributed by atoms with Gasteiger partial charge < -0.3 is 14.2 Å². The third-order valence-corrected chi connectivity index (χ3v) is 4.76. The van der Waals surface area contributed by atoms with Crippen molar-refractivity contribution in [2.45, 2.75) is 26.7 Å². The largest absolute Gasteiger partial charge is 0.419 e. The summed E-state index contributed by atoms with van der Waals surface area (Å²) in [5, 5.41) is 0. The van der Waals surface area contributed by atoms with Crippen LogP contribution in [0.4, 0.5) is 0 Å². The molecule has 1 aromatic heterocycles. The number of rotatable bonds is 3. The van der Waals surface area contributed by atoms with Gasteiger partial charge in [0.15, 0.2) is 5.58 Å². The van der Waals surface area contributed by atoms with E-state index in [0.717, 1.165) is 6.42 Å². The molecule has 0 aliphatic carbocycles. The summed E-state index contributed by atoms with van der Waals surface area (Å²) in [5.41, 5.74) is 1.56. The Labute approximate surface area is 152 Å². The van der Waals surface area contributed by atoms with E-state index in [-0.39, 0.29) is 11.8 Å². The Morgan fingerprint density at radius 1 is 1.12 bits per heavy atom. The Kier molecular flexibility index (Phi) is 5.15. The first kappa shape index (κ1) is 18.2. The van der Waals surface area contributed by atoms with Gasteiger partial charge in [0.25, 0.3) is 5.91 Å². The molecule has 0 spiro atoms. The second-order valence-electron chi connectivity index (χ2n) is 7.23. The summed E-state index contributed by atoms with van der Waals surface area (Å²) in [6.45, 7) is 6.43. The molecule has 140 valence electrons. The second-order valence-corrected chi connectivity index (χ2v) is 7.23. The van der Waals surface area contributed by atoms with Crippen LogP contribution in [0.3, 0.4) is 0 Å². The molecule has 0 saturated carbocycles. The van der Waals surface area contributed by atoms with E-state index < -0.39 is 5.76 Å². The van der Waals surface area contributed by atoms with E-state index >= 15 is 0 Å². The van der Waals surface area contributed by atoms with Crippen molar-refractivity contribution in [3.8, 4) is 0 Å². The van der Waals surface area contributed by atoms with Gasteiger partial charge in [-0.25, -0.2) is 4.79 Å². The first-order valence-electron chi connectivity index (χ1n) is 9.03. The number of carbonyl (C=O) groups excluding carboxylic acids is 2. The lowest BCUT2D eigenvalue weighted by atomic mass is 10.1. The van der Waals surface area contributed by atoms with Gasteiger partial charge in [-0.15, -0.1) is 0 Å². The number of aromatic nitrogens is 1. The molecule has 1 saturated heterocycles. The molecule has 2 aromatic rings. The normalized spacial score (nSPS) is 15.5. The number of carbonyl (C=O) groups is 2. The highest BCUT2D eigenvalue weighted by Gasteiger charge is 2.23. The average Bonchev–Trinajstić information content (AvgIpc) is 2.78. The molecule has 0 atom stereocenters. The number of hydrogen-bond donors (Lipinski definition) is 0. The predicted molar refractivity (Wildman–Crippen MR) is 98.0 cm³/mol. The van der Waals surface area contributed by atoms with Gasteiger partial charge in [0.05, 0.1) is 5.52 Å². The van der Waals surface area contributed by atoms with Crippen LogP contribution in [0.15, 0.2) is 27.4 Å². The van der Waals surface area contributed by atoms with Crippen LogP contribution < -0.4 is 5.76 Å². The summed E-state index contributed by atoms with van der Waals surface area (Å²) in [7, 11) is 1.63. The maximum Gasteiger partial charge on any atom is 0.419 e. The molecule has 0 radical (unpaired) electrons. The van der Waals surface area contributed by atoms with E-state index in [1.54, 1.807) is 30.1 Å². The van der Waals surface area contributed by atoms with Gasteiger partial charge in [-0.05, 0) is 30.5 Å². The molecule has 3 rings (SSSR count). The summed E-state index contributed by atoms with van der Waals surface area (Å²) >= 11 is 0. The molecule has 1 aromatic carbocycles. The number of amides is 2. The van der Waals surface area contributed by atoms with Crippen LogP contribution in [-0.2, 0) is 11.8 Å². The van der Waals surface area contributed by atoms with Crippen molar-refractivity contribution < 1.29 is 14.0 Å². The van der Waals surface area contributed by atoms with E-state index in [1.165, 1.54) is 4.57 Å². The smallest absolute Gasteiger partial charge is 0.408 e. The van der Waals surface area contributed by atoms with E-state index in [2.05, 4.69) is 0 Å². The van der Waals surface area contributed by atoms with E-state index in [9.17, 15) is 14.4 Å². The van der Waals surface area contributed by atoms with E-state index in [4.69, 9.17) is 4.42 Å². The first-order valence-corrected chi connectivity index (χ1v) is 9.03. The standard InChI is InChI=1S/C19H25N3O4/c1-13(2)11-17(23)21-7-4-8-22(10-9-21)18(24)14-5-6-15-16(12-14)26-19(25)20(15)3/h5-6,12-13H,4,7-11H2,1-3H3. The summed E-state index contributed by atoms with van der Waals surface area (Å²) in [6.07, 6.45) is 1.30. The quantitative estimate of drug-likeness (QED) is 0.838. The fraction of sp³-hybridized carbons (Fsp3) is 0.526. The highest BCUT2D eigenvalue weighted by molar-refractivity contribution is 5.97. The molecule has 7 nitrogen and oxygen atoms in total.